The standard InChI is InChI=1S/C9H14O2/c1-10-7-8-11-9-5-3-2-4-6-9/h2-3,5H,4,6-8H2,1H3. The van der Waals surface area contributed by atoms with E-state index in [-0.39, 0.29) is 0 Å². The fourth-order valence-corrected chi connectivity index (χ4v) is 0.957. The van der Waals surface area contributed by atoms with Crippen molar-refractivity contribution in [3.05, 3.63) is 24.0 Å². The minimum atomic E-state index is 0.663. The first-order valence-corrected chi connectivity index (χ1v) is 3.91. The second-order valence-electron chi connectivity index (χ2n) is 2.44. The zero-order valence-corrected chi connectivity index (χ0v) is 6.88. The molecule has 0 saturated heterocycles. The molecule has 1 aliphatic rings. The van der Waals surface area contributed by atoms with Gasteiger partial charge in [-0.25, -0.2) is 0 Å². The van der Waals surface area contributed by atoms with Crippen molar-refractivity contribution in [1.29, 1.82) is 0 Å². The van der Waals surface area contributed by atoms with Crippen LogP contribution in [-0.4, -0.2) is 20.3 Å². The van der Waals surface area contributed by atoms with Gasteiger partial charge in [-0.1, -0.05) is 12.2 Å². The van der Waals surface area contributed by atoms with Crippen LogP contribution in [-0.2, 0) is 9.47 Å². The lowest BCUT2D eigenvalue weighted by molar-refractivity contribution is 0.106. The van der Waals surface area contributed by atoms with E-state index in [1.807, 2.05) is 12.2 Å². The highest BCUT2D eigenvalue weighted by atomic mass is 16.5. The van der Waals surface area contributed by atoms with E-state index in [4.69, 9.17) is 9.47 Å². The van der Waals surface area contributed by atoms with Crippen molar-refractivity contribution in [2.24, 2.45) is 0 Å². The summed E-state index contributed by atoms with van der Waals surface area (Å²) in [6, 6.07) is 0. The lowest BCUT2D eigenvalue weighted by Gasteiger charge is -2.10. The Morgan fingerprint density at radius 1 is 1.45 bits per heavy atom. The van der Waals surface area contributed by atoms with Crippen LogP contribution in [0.3, 0.4) is 0 Å². The molecule has 0 aromatic rings. The lowest BCUT2D eigenvalue weighted by Crippen LogP contribution is -2.02. The molecule has 0 amide bonds. The molecule has 0 saturated carbocycles. The Morgan fingerprint density at radius 3 is 3.00 bits per heavy atom. The summed E-state index contributed by atoms with van der Waals surface area (Å²) < 4.78 is 10.3. The number of ether oxygens (including phenoxy) is 2. The van der Waals surface area contributed by atoms with Gasteiger partial charge in [0.1, 0.15) is 6.61 Å². The van der Waals surface area contributed by atoms with Crippen molar-refractivity contribution in [1.82, 2.24) is 0 Å². The molecule has 0 aliphatic heterocycles. The van der Waals surface area contributed by atoms with Crippen molar-refractivity contribution in [2.75, 3.05) is 20.3 Å². The molecule has 2 heteroatoms. The van der Waals surface area contributed by atoms with Crippen molar-refractivity contribution < 1.29 is 9.47 Å². The molecule has 11 heavy (non-hydrogen) atoms. The largest absolute Gasteiger partial charge is 0.496 e. The molecule has 0 bridgehead atoms. The van der Waals surface area contributed by atoms with Gasteiger partial charge in [-0.05, 0) is 12.5 Å². The summed E-state index contributed by atoms with van der Waals surface area (Å²) in [4.78, 5) is 0. The fraction of sp³-hybridized carbons (Fsp3) is 0.556. The van der Waals surface area contributed by atoms with Crippen LogP contribution in [0.4, 0.5) is 0 Å². The van der Waals surface area contributed by atoms with E-state index in [1.54, 1.807) is 7.11 Å². The maximum absolute atomic E-state index is 5.41. The average molecular weight is 154 g/mol. The maximum atomic E-state index is 5.41. The first-order chi connectivity index (χ1) is 5.43. The molecule has 1 rings (SSSR count). The number of methoxy groups -OCH3 is 1. The van der Waals surface area contributed by atoms with Crippen LogP contribution < -0.4 is 0 Å². The molecule has 0 heterocycles. The number of rotatable bonds is 4. The Morgan fingerprint density at radius 2 is 2.36 bits per heavy atom. The van der Waals surface area contributed by atoms with Gasteiger partial charge < -0.3 is 9.47 Å². The van der Waals surface area contributed by atoms with E-state index in [1.165, 1.54) is 0 Å². The van der Waals surface area contributed by atoms with Gasteiger partial charge in [-0.15, -0.1) is 0 Å². The van der Waals surface area contributed by atoms with Crippen molar-refractivity contribution in [3.63, 3.8) is 0 Å². The summed E-state index contributed by atoms with van der Waals surface area (Å²) in [6.07, 6.45) is 8.31. The van der Waals surface area contributed by atoms with Gasteiger partial charge in [0, 0.05) is 13.5 Å². The molecule has 0 N–H and O–H groups in total. The summed E-state index contributed by atoms with van der Waals surface area (Å²) in [7, 11) is 1.68. The van der Waals surface area contributed by atoms with Crippen LogP contribution in [0, 0.1) is 0 Å². The third-order valence-electron chi connectivity index (χ3n) is 1.55. The first kappa shape index (κ1) is 8.34. The highest BCUT2D eigenvalue weighted by Crippen LogP contribution is 2.12. The quantitative estimate of drug-likeness (QED) is 0.576. The highest BCUT2D eigenvalue weighted by molar-refractivity contribution is 5.12. The van der Waals surface area contributed by atoms with Crippen LogP contribution >= 0.6 is 0 Å². The Hall–Kier alpha value is -0.760. The van der Waals surface area contributed by atoms with Crippen LogP contribution in [0.2, 0.25) is 0 Å². The van der Waals surface area contributed by atoms with E-state index >= 15 is 0 Å². The van der Waals surface area contributed by atoms with Crippen molar-refractivity contribution >= 4 is 0 Å². The van der Waals surface area contributed by atoms with Crippen molar-refractivity contribution in [3.8, 4) is 0 Å². The topological polar surface area (TPSA) is 18.5 Å². The first-order valence-electron chi connectivity index (χ1n) is 3.91. The van der Waals surface area contributed by atoms with E-state index < -0.39 is 0 Å². The fourth-order valence-electron chi connectivity index (χ4n) is 0.957. The summed E-state index contributed by atoms with van der Waals surface area (Å²) in [5.41, 5.74) is 0. The summed E-state index contributed by atoms with van der Waals surface area (Å²) in [5.74, 6) is 1.07. The molecule has 0 aromatic carbocycles. The van der Waals surface area contributed by atoms with E-state index in [9.17, 15) is 0 Å². The Labute approximate surface area is 67.5 Å². The third-order valence-corrected chi connectivity index (χ3v) is 1.55. The molecule has 2 nitrogen and oxygen atoms in total. The zero-order chi connectivity index (χ0) is 7.94. The van der Waals surface area contributed by atoms with Gasteiger partial charge in [-0.2, -0.15) is 0 Å². The molecule has 0 unspecified atom stereocenters. The van der Waals surface area contributed by atoms with Crippen molar-refractivity contribution in [2.45, 2.75) is 12.8 Å². The monoisotopic (exact) mass is 154 g/mol. The van der Waals surface area contributed by atoms with Gasteiger partial charge >= 0.3 is 0 Å². The molecule has 62 valence electrons. The number of allylic oxidation sites excluding steroid dienone is 4. The van der Waals surface area contributed by atoms with Crippen LogP contribution in [0.1, 0.15) is 12.8 Å². The lowest BCUT2D eigenvalue weighted by atomic mass is 10.2. The van der Waals surface area contributed by atoms with E-state index in [0.29, 0.717) is 13.2 Å². The minimum absolute atomic E-state index is 0.663. The van der Waals surface area contributed by atoms with E-state index in [2.05, 4.69) is 6.08 Å². The summed E-state index contributed by atoms with van der Waals surface area (Å²) in [6.45, 7) is 1.33. The van der Waals surface area contributed by atoms with Gasteiger partial charge in [-0.3, -0.25) is 0 Å². The average Bonchev–Trinajstić information content (AvgIpc) is 2.07. The Balaban J connectivity index is 2.15. The molecule has 0 fully saturated rings. The van der Waals surface area contributed by atoms with Gasteiger partial charge in [0.05, 0.1) is 12.4 Å². The predicted molar refractivity (Wildman–Crippen MR) is 44.3 cm³/mol. The molecular weight excluding hydrogens is 140 g/mol. The second-order valence-corrected chi connectivity index (χ2v) is 2.44. The number of hydrogen-bond donors (Lipinski definition) is 0. The zero-order valence-electron chi connectivity index (χ0n) is 6.88. The number of hydrogen-bond acceptors (Lipinski definition) is 2. The van der Waals surface area contributed by atoms with E-state index in [0.717, 1.165) is 18.6 Å². The molecule has 0 atom stereocenters. The highest BCUT2D eigenvalue weighted by Gasteiger charge is 1.98. The Bertz CT molecular complexity index is 159. The summed E-state index contributed by atoms with van der Waals surface area (Å²) >= 11 is 0. The van der Waals surface area contributed by atoms with Gasteiger partial charge in [0.2, 0.25) is 0 Å². The molecule has 1 aliphatic carbocycles. The SMILES string of the molecule is COCCOC1=CC=CCC1. The van der Waals surface area contributed by atoms with Gasteiger partial charge in [0.15, 0.2) is 0 Å². The molecule has 0 aromatic heterocycles. The normalized spacial score (nSPS) is 16.3. The Kier molecular flexibility index (Phi) is 3.76. The van der Waals surface area contributed by atoms with Crippen LogP contribution in [0.25, 0.3) is 0 Å². The maximum Gasteiger partial charge on any atom is 0.111 e. The summed E-state index contributed by atoms with van der Waals surface area (Å²) in [5, 5.41) is 0. The second kappa shape index (κ2) is 4.97. The third kappa shape index (κ3) is 3.23. The minimum Gasteiger partial charge on any atom is -0.496 e. The smallest absolute Gasteiger partial charge is 0.111 e. The molecule has 0 spiro atoms. The van der Waals surface area contributed by atoms with Crippen LogP contribution in [0.15, 0.2) is 24.0 Å². The molecular formula is C9H14O2. The molecule has 0 radical (unpaired) electrons. The van der Waals surface area contributed by atoms with Crippen LogP contribution in [0.5, 0.6) is 0 Å². The van der Waals surface area contributed by atoms with Gasteiger partial charge in [0.25, 0.3) is 0 Å². The predicted octanol–water partition coefficient (Wildman–Crippen LogP) is 1.88.